The van der Waals surface area contributed by atoms with Crippen LogP contribution in [0.5, 0.6) is 11.5 Å². The second-order valence-corrected chi connectivity index (χ2v) is 7.38. The van der Waals surface area contributed by atoms with Crippen LogP contribution in [0.2, 0.25) is 5.02 Å². The minimum atomic E-state index is -0.529. The van der Waals surface area contributed by atoms with Crippen molar-refractivity contribution in [1.29, 1.82) is 0 Å². The highest BCUT2D eigenvalue weighted by Gasteiger charge is 2.11. The average molecular weight is 481 g/mol. The number of halogens is 5. The number of rotatable bonds is 7. The number of alkyl halides is 1. The summed E-state index contributed by atoms with van der Waals surface area (Å²) in [4.78, 5) is 0. The molecule has 0 amide bonds. The summed E-state index contributed by atoms with van der Waals surface area (Å²) in [6.07, 6.45) is 2.52. The third-order valence-electron chi connectivity index (χ3n) is 1.98. The van der Waals surface area contributed by atoms with Crippen molar-refractivity contribution in [2.24, 2.45) is 0 Å². The fourth-order valence-corrected chi connectivity index (χ4v) is 1.93. The molecule has 106 valence electrons. The zero-order valence-corrected chi connectivity index (χ0v) is 15.3. The number of ether oxygens (including phenoxy) is 2. The maximum absolute atomic E-state index is 13.8. The molecule has 0 N–H and O–H groups in total. The van der Waals surface area contributed by atoms with Crippen LogP contribution in [0.15, 0.2) is 21.6 Å². The van der Waals surface area contributed by atoms with Gasteiger partial charge < -0.3 is 9.47 Å². The van der Waals surface area contributed by atoms with Crippen molar-refractivity contribution in [2.75, 3.05) is 18.5 Å². The van der Waals surface area contributed by atoms with E-state index in [4.69, 9.17) is 21.1 Å². The molecule has 0 fully saturated rings. The van der Waals surface area contributed by atoms with E-state index >= 15 is 0 Å². The van der Waals surface area contributed by atoms with Gasteiger partial charge in [-0.2, -0.15) is 0 Å². The SMILES string of the molecule is Fc1cc(OCC=C(Br)Br)cc(Cl)c1OCCCBr. The summed E-state index contributed by atoms with van der Waals surface area (Å²) in [5, 5.41) is 0.993. The van der Waals surface area contributed by atoms with E-state index in [9.17, 15) is 4.39 Å². The smallest absolute Gasteiger partial charge is 0.173 e. The van der Waals surface area contributed by atoms with Crippen LogP contribution < -0.4 is 9.47 Å². The second-order valence-electron chi connectivity index (χ2n) is 3.41. The second kappa shape index (κ2) is 9.21. The fourth-order valence-electron chi connectivity index (χ4n) is 1.19. The van der Waals surface area contributed by atoms with Crippen LogP contribution in [-0.2, 0) is 0 Å². The summed E-state index contributed by atoms with van der Waals surface area (Å²) in [6, 6.07) is 2.79. The molecule has 7 heteroatoms. The summed E-state index contributed by atoms with van der Waals surface area (Å²) in [5.41, 5.74) is 0. The molecule has 0 atom stereocenters. The molecule has 0 aliphatic carbocycles. The molecule has 1 aromatic rings. The van der Waals surface area contributed by atoms with Crippen molar-refractivity contribution in [3.05, 3.63) is 32.4 Å². The van der Waals surface area contributed by atoms with E-state index in [0.717, 1.165) is 15.1 Å². The largest absolute Gasteiger partial charge is 0.489 e. The average Bonchev–Trinajstić information content (AvgIpc) is 2.32. The Morgan fingerprint density at radius 2 is 2.05 bits per heavy atom. The Kier molecular flexibility index (Phi) is 8.37. The molecule has 0 unspecified atom stereocenters. The van der Waals surface area contributed by atoms with Crippen LogP contribution in [-0.4, -0.2) is 18.5 Å². The topological polar surface area (TPSA) is 18.5 Å². The van der Waals surface area contributed by atoms with Crippen LogP contribution in [0.4, 0.5) is 4.39 Å². The first-order chi connectivity index (χ1) is 9.04. The number of hydrogen-bond acceptors (Lipinski definition) is 2. The van der Waals surface area contributed by atoms with Crippen molar-refractivity contribution in [3.8, 4) is 11.5 Å². The predicted molar refractivity (Wildman–Crippen MR) is 86.7 cm³/mol. The first kappa shape index (κ1) is 17.3. The van der Waals surface area contributed by atoms with E-state index in [1.165, 1.54) is 12.1 Å². The van der Waals surface area contributed by atoms with Crippen molar-refractivity contribution >= 4 is 59.4 Å². The van der Waals surface area contributed by atoms with E-state index in [1.54, 1.807) is 6.08 Å². The third-order valence-corrected chi connectivity index (χ3v) is 3.47. The molecule has 0 spiro atoms. The lowest BCUT2D eigenvalue weighted by Gasteiger charge is -2.10. The summed E-state index contributed by atoms with van der Waals surface area (Å²) in [6.45, 7) is 0.701. The summed E-state index contributed by atoms with van der Waals surface area (Å²) in [7, 11) is 0. The lowest BCUT2D eigenvalue weighted by Crippen LogP contribution is -2.01. The summed E-state index contributed by atoms with van der Waals surface area (Å²) in [5.74, 6) is -0.112. The molecule has 19 heavy (non-hydrogen) atoms. The van der Waals surface area contributed by atoms with Gasteiger partial charge in [0.05, 0.1) is 15.0 Å². The Morgan fingerprint density at radius 1 is 1.32 bits per heavy atom. The van der Waals surface area contributed by atoms with Gasteiger partial charge in [-0.15, -0.1) is 0 Å². The molecule has 2 nitrogen and oxygen atoms in total. The van der Waals surface area contributed by atoms with Crippen LogP contribution in [0.3, 0.4) is 0 Å². The van der Waals surface area contributed by atoms with E-state index in [-0.39, 0.29) is 10.8 Å². The van der Waals surface area contributed by atoms with E-state index in [0.29, 0.717) is 19.0 Å². The Balaban J connectivity index is 2.70. The van der Waals surface area contributed by atoms with Gasteiger partial charge in [-0.25, -0.2) is 4.39 Å². The monoisotopic (exact) mass is 478 g/mol. The van der Waals surface area contributed by atoms with Gasteiger partial charge in [-0.1, -0.05) is 27.5 Å². The molecule has 0 saturated heterocycles. The summed E-state index contributed by atoms with van der Waals surface area (Å²) >= 11 is 15.6. The normalized spacial score (nSPS) is 10.2. The molecule has 0 aliphatic heterocycles. The molecule has 0 heterocycles. The Labute approximate surface area is 141 Å². The lowest BCUT2D eigenvalue weighted by atomic mass is 10.3. The maximum atomic E-state index is 13.8. The Morgan fingerprint density at radius 3 is 2.63 bits per heavy atom. The van der Waals surface area contributed by atoms with Gasteiger partial charge in [0, 0.05) is 17.5 Å². The zero-order valence-electron chi connectivity index (χ0n) is 9.77. The standard InChI is InChI=1S/C12H11Br3ClFO2/c13-3-1-4-19-12-9(16)6-8(7-10(12)17)18-5-2-11(14)15/h2,6-7H,1,3-5H2. The summed E-state index contributed by atoms with van der Waals surface area (Å²) < 4.78 is 25.2. The molecule has 0 saturated carbocycles. The highest BCUT2D eigenvalue weighted by atomic mass is 79.9. The van der Waals surface area contributed by atoms with Gasteiger partial charge >= 0.3 is 0 Å². The molecular formula is C12H11Br3ClFO2. The van der Waals surface area contributed by atoms with E-state index in [1.807, 2.05) is 0 Å². The van der Waals surface area contributed by atoms with Crippen LogP contribution in [0, 0.1) is 5.82 Å². The third kappa shape index (κ3) is 6.47. The van der Waals surface area contributed by atoms with E-state index in [2.05, 4.69) is 47.8 Å². The number of hydrogen-bond donors (Lipinski definition) is 0. The van der Waals surface area contributed by atoms with Crippen molar-refractivity contribution in [2.45, 2.75) is 6.42 Å². The van der Waals surface area contributed by atoms with Gasteiger partial charge in [-0.3, -0.25) is 0 Å². The molecule has 0 bridgehead atoms. The van der Waals surface area contributed by atoms with Gasteiger partial charge in [-0.05, 0) is 44.4 Å². The van der Waals surface area contributed by atoms with Crippen LogP contribution in [0.25, 0.3) is 0 Å². The minimum Gasteiger partial charge on any atom is -0.489 e. The number of benzene rings is 1. The quantitative estimate of drug-likeness (QED) is 0.370. The van der Waals surface area contributed by atoms with Crippen LogP contribution >= 0.6 is 59.4 Å². The van der Waals surface area contributed by atoms with Gasteiger partial charge in [0.1, 0.15) is 12.4 Å². The maximum Gasteiger partial charge on any atom is 0.173 e. The molecular weight excluding hydrogens is 470 g/mol. The molecule has 0 aromatic heterocycles. The lowest BCUT2D eigenvalue weighted by molar-refractivity contribution is 0.300. The highest BCUT2D eigenvalue weighted by molar-refractivity contribution is 9.28. The molecule has 0 aliphatic rings. The van der Waals surface area contributed by atoms with Crippen molar-refractivity contribution in [1.82, 2.24) is 0 Å². The minimum absolute atomic E-state index is 0.0622. The fraction of sp³-hybridized carbons (Fsp3) is 0.333. The molecule has 1 aromatic carbocycles. The first-order valence-corrected chi connectivity index (χ1v) is 8.45. The molecule has 1 rings (SSSR count). The first-order valence-electron chi connectivity index (χ1n) is 5.36. The highest BCUT2D eigenvalue weighted by Crippen LogP contribution is 2.32. The molecule has 0 radical (unpaired) electrons. The van der Waals surface area contributed by atoms with Gasteiger partial charge in [0.25, 0.3) is 0 Å². The van der Waals surface area contributed by atoms with E-state index < -0.39 is 5.82 Å². The Hall–Kier alpha value is 0.220. The van der Waals surface area contributed by atoms with Crippen molar-refractivity contribution < 1.29 is 13.9 Å². The zero-order chi connectivity index (χ0) is 14.3. The van der Waals surface area contributed by atoms with Gasteiger partial charge in [0.15, 0.2) is 11.6 Å². The van der Waals surface area contributed by atoms with Gasteiger partial charge in [0.2, 0.25) is 0 Å². The Bertz CT molecular complexity index is 428. The van der Waals surface area contributed by atoms with Crippen molar-refractivity contribution in [3.63, 3.8) is 0 Å². The predicted octanol–water partition coefficient (Wildman–Crippen LogP) is 5.65. The van der Waals surface area contributed by atoms with Crippen LogP contribution in [0.1, 0.15) is 6.42 Å².